The molecule has 17 heavy (non-hydrogen) atoms. The third kappa shape index (κ3) is 2.86. The Bertz CT molecular complexity index is 580. The molecule has 0 unspecified atom stereocenters. The Kier molecular flexibility index (Phi) is 3.79. The van der Waals surface area contributed by atoms with Crippen LogP contribution in [-0.2, 0) is 0 Å². The fourth-order valence-electron chi connectivity index (χ4n) is 1.07. The van der Waals surface area contributed by atoms with Gasteiger partial charge >= 0.3 is 0 Å². The lowest BCUT2D eigenvalue weighted by Crippen LogP contribution is -1.88. The molecule has 0 fully saturated rings. The summed E-state index contributed by atoms with van der Waals surface area (Å²) >= 11 is 12.7. The van der Waals surface area contributed by atoms with Crippen molar-refractivity contribution in [3.05, 3.63) is 40.5 Å². The van der Waals surface area contributed by atoms with Gasteiger partial charge in [0.2, 0.25) is 0 Å². The molecule has 0 bridgehead atoms. The van der Waals surface area contributed by atoms with Gasteiger partial charge < -0.3 is 0 Å². The van der Waals surface area contributed by atoms with E-state index in [2.05, 4.69) is 15.0 Å². The first kappa shape index (κ1) is 12.1. The molecule has 0 N–H and O–H groups in total. The standard InChI is InChI=1S/C10H4Cl2N4S/c11-8-4-16-9(5-15-8)17-7-1-2-14-10(12)6(7)3-13/h1-2,4-5H. The molecule has 0 saturated carbocycles. The van der Waals surface area contributed by atoms with Gasteiger partial charge in [-0.15, -0.1) is 0 Å². The summed E-state index contributed by atoms with van der Waals surface area (Å²) in [5, 5.41) is 10.1. The molecule has 2 aromatic rings. The monoisotopic (exact) mass is 282 g/mol. The van der Waals surface area contributed by atoms with E-state index in [9.17, 15) is 0 Å². The molecule has 4 nitrogen and oxygen atoms in total. The van der Waals surface area contributed by atoms with Crippen LogP contribution in [0.1, 0.15) is 5.56 Å². The SMILES string of the molecule is N#Cc1c(Sc2cnc(Cl)cn2)ccnc1Cl. The zero-order valence-electron chi connectivity index (χ0n) is 8.26. The highest BCUT2D eigenvalue weighted by Crippen LogP contribution is 2.30. The second-order valence-corrected chi connectivity index (χ2v) is 4.67. The molecule has 2 heterocycles. The maximum Gasteiger partial charge on any atom is 0.147 e. The molecular weight excluding hydrogens is 279 g/mol. The molecular formula is C10H4Cl2N4S. The lowest BCUT2D eigenvalue weighted by molar-refractivity contribution is 1.05. The molecule has 84 valence electrons. The number of nitrogens with zero attached hydrogens (tertiary/aromatic N) is 4. The summed E-state index contributed by atoms with van der Waals surface area (Å²) in [7, 11) is 0. The number of pyridine rings is 1. The van der Waals surface area contributed by atoms with Crippen LogP contribution in [0.2, 0.25) is 10.3 Å². The average molecular weight is 283 g/mol. The Morgan fingerprint density at radius 3 is 2.65 bits per heavy atom. The summed E-state index contributed by atoms with van der Waals surface area (Å²) in [5.74, 6) is 0. The van der Waals surface area contributed by atoms with E-state index in [4.69, 9.17) is 28.5 Å². The van der Waals surface area contributed by atoms with Gasteiger partial charge in [0.15, 0.2) is 0 Å². The summed E-state index contributed by atoms with van der Waals surface area (Å²) in [4.78, 5) is 12.5. The smallest absolute Gasteiger partial charge is 0.147 e. The zero-order valence-corrected chi connectivity index (χ0v) is 10.6. The van der Waals surface area contributed by atoms with Crippen LogP contribution in [0.5, 0.6) is 0 Å². The number of nitriles is 1. The first-order chi connectivity index (χ1) is 8.20. The van der Waals surface area contributed by atoms with E-state index in [1.807, 2.05) is 6.07 Å². The van der Waals surface area contributed by atoms with E-state index in [1.165, 1.54) is 30.4 Å². The topological polar surface area (TPSA) is 62.5 Å². The zero-order chi connectivity index (χ0) is 12.3. The second-order valence-electron chi connectivity index (χ2n) is 2.87. The Hall–Kier alpha value is -1.35. The van der Waals surface area contributed by atoms with Gasteiger partial charge in [0, 0.05) is 11.1 Å². The quantitative estimate of drug-likeness (QED) is 0.792. The van der Waals surface area contributed by atoms with Crippen LogP contribution in [0.25, 0.3) is 0 Å². The largest absolute Gasteiger partial charge is 0.245 e. The minimum atomic E-state index is 0.180. The molecule has 0 aliphatic rings. The highest BCUT2D eigenvalue weighted by molar-refractivity contribution is 7.99. The first-order valence-electron chi connectivity index (χ1n) is 4.40. The minimum Gasteiger partial charge on any atom is -0.245 e. The Morgan fingerprint density at radius 1 is 1.18 bits per heavy atom. The third-order valence-corrected chi connectivity index (χ3v) is 3.25. The van der Waals surface area contributed by atoms with Gasteiger partial charge in [-0.1, -0.05) is 35.0 Å². The van der Waals surface area contributed by atoms with Gasteiger partial charge in [0.25, 0.3) is 0 Å². The minimum absolute atomic E-state index is 0.180. The van der Waals surface area contributed by atoms with Crippen LogP contribution >= 0.6 is 35.0 Å². The van der Waals surface area contributed by atoms with E-state index < -0.39 is 0 Å². The number of aromatic nitrogens is 3. The molecule has 0 aromatic carbocycles. The van der Waals surface area contributed by atoms with Crippen molar-refractivity contribution in [3.63, 3.8) is 0 Å². The Balaban J connectivity index is 2.34. The predicted octanol–water partition coefficient (Wildman–Crippen LogP) is 3.20. The Labute approximate surface area is 112 Å². The second kappa shape index (κ2) is 5.32. The molecule has 0 saturated heterocycles. The molecule has 7 heteroatoms. The molecule has 0 radical (unpaired) electrons. The van der Waals surface area contributed by atoms with Gasteiger partial charge in [-0.05, 0) is 6.07 Å². The van der Waals surface area contributed by atoms with E-state index in [0.29, 0.717) is 20.6 Å². The highest BCUT2D eigenvalue weighted by Gasteiger charge is 2.09. The van der Waals surface area contributed by atoms with Crippen molar-refractivity contribution in [3.8, 4) is 6.07 Å². The molecule has 0 spiro atoms. The van der Waals surface area contributed by atoms with Crippen molar-refractivity contribution in [2.75, 3.05) is 0 Å². The summed E-state index contributed by atoms with van der Waals surface area (Å²) in [6, 6.07) is 3.71. The predicted molar refractivity (Wildman–Crippen MR) is 65.1 cm³/mol. The van der Waals surface area contributed by atoms with Crippen LogP contribution in [0.4, 0.5) is 0 Å². The summed E-state index contributed by atoms with van der Waals surface area (Å²) < 4.78 is 0. The molecule has 2 rings (SSSR count). The maximum atomic E-state index is 8.98. The number of rotatable bonds is 2. The number of hydrogen-bond acceptors (Lipinski definition) is 5. The fraction of sp³-hybridized carbons (Fsp3) is 0. The fourth-order valence-corrected chi connectivity index (χ4v) is 2.24. The van der Waals surface area contributed by atoms with Crippen molar-refractivity contribution in [2.24, 2.45) is 0 Å². The van der Waals surface area contributed by atoms with E-state index in [0.717, 1.165) is 0 Å². The van der Waals surface area contributed by atoms with Crippen LogP contribution < -0.4 is 0 Å². The van der Waals surface area contributed by atoms with E-state index in [-0.39, 0.29) is 5.15 Å². The van der Waals surface area contributed by atoms with Crippen LogP contribution in [-0.4, -0.2) is 15.0 Å². The molecule has 0 atom stereocenters. The van der Waals surface area contributed by atoms with Crippen molar-refractivity contribution >= 4 is 35.0 Å². The molecule has 2 aromatic heterocycles. The Morgan fingerprint density at radius 2 is 2.00 bits per heavy atom. The summed E-state index contributed by atoms with van der Waals surface area (Å²) in [6.45, 7) is 0. The lowest BCUT2D eigenvalue weighted by atomic mass is 10.3. The van der Waals surface area contributed by atoms with Gasteiger partial charge in [0.1, 0.15) is 27.0 Å². The molecule has 0 amide bonds. The van der Waals surface area contributed by atoms with Crippen molar-refractivity contribution in [2.45, 2.75) is 9.92 Å². The van der Waals surface area contributed by atoms with Gasteiger partial charge in [-0.2, -0.15) is 5.26 Å². The molecule has 0 aliphatic carbocycles. The summed E-state index contributed by atoms with van der Waals surface area (Å²) in [5.41, 5.74) is 0.330. The third-order valence-electron chi connectivity index (χ3n) is 1.79. The van der Waals surface area contributed by atoms with E-state index >= 15 is 0 Å². The van der Waals surface area contributed by atoms with Crippen molar-refractivity contribution < 1.29 is 0 Å². The normalized spacial score (nSPS) is 9.94. The number of halogens is 2. The first-order valence-corrected chi connectivity index (χ1v) is 5.98. The highest BCUT2D eigenvalue weighted by atomic mass is 35.5. The van der Waals surface area contributed by atoms with Crippen LogP contribution in [0.15, 0.2) is 34.6 Å². The molecule has 0 aliphatic heterocycles. The summed E-state index contributed by atoms with van der Waals surface area (Å²) in [6.07, 6.45) is 4.51. The van der Waals surface area contributed by atoms with Gasteiger partial charge in [-0.3, -0.25) is 0 Å². The van der Waals surface area contributed by atoms with Crippen LogP contribution in [0, 0.1) is 11.3 Å². The number of hydrogen-bond donors (Lipinski definition) is 0. The lowest BCUT2D eigenvalue weighted by Gasteiger charge is -2.03. The van der Waals surface area contributed by atoms with E-state index in [1.54, 1.807) is 6.07 Å². The van der Waals surface area contributed by atoms with Crippen molar-refractivity contribution in [1.82, 2.24) is 15.0 Å². The van der Waals surface area contributed by atoms with Crippen LogP contribution in [0.3, 0.4) is 0 Å². The van der Waals surface area contributed by atoms with Gasteiger partial charge in [-0.25, -0.2) is 15.0 Å². The maximum absolute atomic E-state index is 8.98. The van der Waals surface area contributed by atoms with Gasteiger partial charge in [0.05, 0.1) is 12.4 Å². The van der Waals surface area contributed by atoms with Crippen molar-refractivity contribution in [1.29, 1.82) is 5.26 Å². The average Bonchev–Trinajstić information content (AvgIpc) is 2.32.